The van der Waals surface area contributed by atoms with Crippen LogP contribution in [0, 0.1) is 17.0 Å². The molecule has 1 aromatic carbocycles. The summed E-state index contributed by atoms with van der Waals surface area (Å²) >= 11 is 0. The van der Waals surface area contributed by atoms with Gasteiger partial charge in [-0.1, -0.05) is 0 Å². The number of non-ortho nitro benzene ring substituents is 1. The molecule has 7 nitrogen and oxygen atoms in total. The van der Waals surface area contributed by atoms with Crippen molar-refractivity contribution in [3.63, 3.8) is 0 Å². The summed E-state index contributed by atoms with van der Waals surface area (Å²) in [5, 5.41) is 10.8. The Hall–Kier alpha value is -2.48. The molecule has 0 N–H and O–H groups in total. The van der Waals surface area contributed by atoms with Gasteiger partial charge in [0.05, 0.1) is 21.7 Å². The number of aromatic nitrogens is 1. The molecule has 0 saturated heterocycles. The van der Waals surface area contributed by atoms with Crippen LogP contribution in [-0.2, 0) is 10.0 Å². The first kappa shape index (κ1) is 15.9. The monoisotopic (exact) mass is 321 g/mol. The average Bonchev–Trinajstić information content (AvgIpc) is 2.48. The van der Waals surface area contributed by atoms with Gasteiger partial charge in [0.15, 0.2) is 0 Å². The lowest BCUT2D eigenvalue weighted by atomic mass is 10.2. The molecule has 0 saturated carbocycles. The SMILES string of the molecule is CCN(c1cccnc1)S(=O)(=O)c1ccc([N+](=O)[O-])cc1C. The second kappa shape index (κ2) is 6.10. The van der Waals surface area contributed by atoms with Crippen LogP contribution in [0.15, 0.2) is 47.6 Å². The third-order valence-corrected chi connectivity index (χ3v) is 5.22. The summed E-state index contributed by atoms with van der Waals surface area (Å²) < 4.78 is 26.8. The molecule has 0 fully saturated rings. The summed E-state index contributed by atoms with van der Waals surface area (Å²) in [4.78, 5) is 14.2. The highest BCUT2D eigenvalue weighted by atomic mass is 32.2. The van der Waals surface area contributed by atoms with Crippen LogP contribution in [0.2, 0.25) is 0 Å². The van der Waals surface area contributed by atoms with Crippen molar-refractivity contribution >= 4 is 21.4 Å². The maximum atomic E-state index is 12.8. The molecule has 0 radical (unpaired) electrons. The summed E-state index contributed by atoms with van der Waals surface area (Å²) in [5.74, 6) is 0. The van der Waals surface area contributed by atoms with Gasteiger partial charge in [0.1, 0.15) is 0 Å². The second-order valence-electron chi connectivity index (χ2n) is 4.59. The minimum Gasteiger partial charge on any atom is -0.265 e. The minimum absolute atomic E-state index is 0.0452. The van der Waals surface area contributed by atoms with E-state index in [1.165, 1.54) is 35.6 Å². The van der Waals surface area contributed by atoms with Gasteiger partial charge in [-0.25, -0.2) is 8.42 Å². The quantitative estimate of drug-likeness (QED) is 0.623. The number of benzene rings is 1. The number of rotatable bonds is 5. The van der Waals surface area contributed by atoms with E-state index >= 15 is 0 Å². The predicted molar refractivity (Wildman–Crippen MR) is 82.3 cm³/mol. The number of sulfonamides is 1. The molecule has 0 unspecified atom stereocenters. The van der Waals surface area contributed by atoms with E-state index in [9.17, 15) is 18.5 Å². The standard InChI is InChI=1S/C14H15N3O4S/c1-3-16(13-5-4-8-15-10-13)22(20,21)14-7-6-12(17(18)19)9-11(14)2/h4-10H,3H2,1-2H3. The Morgan fingerprint density at radius 3 is 2.55 bits per heavy atom. The summed E-state index contributed by atoms with van der Waals surface area (Å²) in [6, 6.07) is 7.01. The van der Waals surface area contributed by atoms with E-state index in [2.05, 4.69) is 4.98 Å². The highest BCUT2D eigenvalue weighted by Gasteiger charge is 2.26. The Morgan fingerprint density at radius 1 is 1.32 bits per heavy atom. The zero-order chi connectivity index (χ0) is 16.3. The van der Waals surface area contributed by atoms with Crippen molar-refractivity contribution in [3.05, 3.63) is 58.4 Å². The van der Waals surface area contributed by atoms with Crippen LogP contribution in [-0.4, -0.2) is 24.9 Å². The van der Waals surface area contributed by atoms with Gasteiger partial charge in [-0.15, -0.1) is 0 Å². The Balaban J connectivity index is 2.52. The Kier molecular flexibility index (Phi) is 4.41. The number of nitro groups is 1. The molecule has 2 rings (SSSR count). The van der Waals surface area contributed by atoms with Gasteiger partial charge in [-0.2, -0.15) is 0 Å². The van der Waals surface area contributed by atoms with Crippen LogP contribution < -0.4 is 4.31 Å². The van der Waals surface area contributed by atoms with Gasteiger partial charge in [0.2, 0.25) is 0 Å². The van der Waals surface area contributed by atoms with E-state index in [1.54, 1.807) is 25.3 Å². The number of pyridine rings is 1. The zero-order valence-corrected chi connectivity index (χ0v) is 12.9. The smallest absolute Gasteiger partial charge is 0.265 e. The van der Waals surface area contributed by atoms with Gasteiger partial charge >= 0.3 is 0 Å². The summed E-state index contributed by atoms with van der Waals surface area (Å²) in [5.41, 5.74) is 0.639. The van der Waals surface area contributed by atoms with Crippen molar-refractivity contribution in [3.8, 4) is 0 Å². The van der Waals surface area contributed by atoms with Crippen molar-refractivity contribution in [2.45, 2.75) is 18.7 Å². The van der Waals surface area contributed by atoms with Crippen molar-refractivity contribution in [1.82, 2.24) is 4.98 Å². The minimum atomic E-state index is -3.81. The maximum Gasteiger partial charge on any atom is 0.269 e. The van der Waals surface area contributed by atoms with Crippen molar-refractivity contribution in [2.75, 3.05) is 10.8 Å². The fourth-order valence-electron chi connectivity index (χ4n) is 2.15. The van der Waals surface area contributed by atoms with Crippen LogP contribution in [0.3, 0.4) is 0 Å². The van der Waals surface area contributed by atoms with Crippen LogP contribution >= 0.6 is 0 Å². The van der Waals surface area contributed by atoms with E-state index in [1.807, 2.05) is 0 Å². The molecule has 1 aromatic heterocycles. The Bertz CT molecular complexity index is 791. The highest BCUT2D eigenvalue weighted by Crippen LogP contribution is 2.27. The Labute approximate surface area is 128 Å². The van der Waals surface area contributed by atoms with Crippen molar-refractivity contribution in [2.24, 2.45) is 0 Å². The van der Waals surface area contributed by atoms with Gasteiger partial charge in [0.25, 0.3) is 15.7 Å². The summed E-state index contributed by atoms with van der Waals surface area (Å²) in [6.07, 6.45) is 3.02. The van der Waals surface area contributed by atoms with Gasteiger partial charge in [0, 0.05) is 24.9 Å². The molecular formula is C14H15N3O4S. The Morgan fingerprint density at radius 2 is 2.05 bits per heavy atom. The zero-order valence-electron chi connectivity index (χ0n) is 12.1. The number of nitro benzene ring substituents is 1. The van der Waals surface area contributed by atoms with Crippen molar-refractivity contribution in [1.29, 1.82) is 0 Å². The normalized spacial score (nSPS) is 11.2. The van der Waals surface area contributed by atoms with Crippen LogP contribution in [0.25, 0.3) is 0 Å². The largest absolute Gasteiger partial charge is 0.269 e. The lowest BCUT2D eigenvalue weighted by Gasteiger charge is -2.23. The van der Waals surface area contributed by atoms with Gasteiger partial charge < -0.3 is 0 Å². The number of anilines is 1. The topological polar surface area (TPSA) is 93.4 Å². The third kappa shape index (κ3) is 2.91. The van der Waals surface area contributed by atoms with E-state index in [0.29, 0.717) is 11.3 Å². The fourth-order valence-corrected chi connectivity index (χ4v) is 3.82. The van der Waals surface area contributed by atoms with Crippen LogP contribution in [0.1, 0.15) is 12.5 Å². The molecule has 22 heavy (non-hydrogen) atoms. The van der Waals surface area contributed by atoms with Crippen molar-refractivity contribution < 1.29 is 13.3 Å². The lowest BCUT2D eigenvalue weighted by molar-refractivity contribution is -0.385. The molecule has 0 aliphatic rings. The van der Waals surface area contributed by atoms with Gasteiger partial charge in [-0.3, -0.25) is 19.4 Å². The molecular weight excluding hydrogens is 306 g/mol. The fraction of sp³-hybridized carbons (Fsp3) is 0.214. The predicted octanol–water partition coefficient (Wildman–Crippen LogP) is 2.51. The lowest BCUT2D eigenvalue weighted by Crippen LogP contribution is -2.31. The molecule has 116 valence electrons. The van der Waals surface area contributed by atoms with E-state index in [0.717, 1.165) is 0 Å². The molecule has 1 heterocycles. The summed E-state index contributed by atoms with van der Waals surface area (Å²) in [7, 11) is -3.81. The molecule has 0 amide bonds. The second-order valence-corrected chi connectivity index (χ2v) is 6.42. The van der Waals surface area contributed by atoms with Gasteiger partial charge in [-0.05, 0) is 37.6 Å². The first-order chi connectivity index (χ1) is 10.4. The average molecular weight is 321 g/mol. The van der Waals surface area contributed by atoms with E-state index in [4.69, 9.17) is 0 Å². The summed E-state index contributed by atoms with van der Waals surface area (Å²) in [6.45, 7) is 3.48. The number of aryl methyl sites for hydroxylation is 1. The van der Waals surface area contributed by atoms with Crippen LogP contribution in [0.5, 0.6) is 0 Å². The van der Waals surface area contributed by atoms with Crippen LogP contribution in [0.4, 0.5) is 11.4 Å². The number of hydrogen-bond donors (Lipinski definition) is 0. The maximum absolute atomic E-state index is 12.8. The highest BCUT2D eigenvalue weighted by molar-refractivity contribution is 7.92. The number of nitrogens with zero attached hydrogens (tertiary/aromatic N) is 3. The molecule has 0 aliphatic heterocycles. The molecule has 0 bridgehead atoms. The van der Waals surface area contributed by atoms with E-state index < -0.39 is 14.9 Å². The first-order valence-electron chi connectivity index (χ1n) is 6.55. The molecule has 0 atom stereocenters. The first-order valence-corrected chi connectivity index (χ1v) is 7.99. The van der Waals surface area contributed by atoms with E-state index in [-0.39, 0.29) is 17.1 Å². The number of hydrogen-bond acceptors (Lipinski definition) is 5. The molecule has 0 aliphatic carbocycles. The molecule has 2 aromatic rings. The third-order valence-electron chi connectivity index (χ3n) is 3.16. The molecule has 8 heteroatoms. The molecule has 0 spiro atoms.